The maximum atomic E-state index is 13.5. The van der Waals surface area contributed by atoms with E-state index in [-0.39, 0.29) is 43.8 Å². The predicted octanol–water partition coefficient (Wildman–Crippen LogP) is 3.48. The first-order valence-electron chi connectivity index (χ1n) is 10.8. The number of benzene rings is 2. The summed E-state index contributed by atoms with van der Waals surface area (Å²) in [7, 11) is -2.60. The zero-order valence-electron chi connectivity index (χ0n) is 19.1. The number of hydrogen-bond donors (Lipinski definition) is 0. The molecule has 0 spiro atoms. The number of hydrogen-bond acceptors (Lipinski definition) is 7. The fourth-order valence-corrected chi connectivity index (χ4v) is 5.66. The Morgan fingerprint density at radius 3 is 2.57 bits per heavy atom. The van der Waals surface area contributed by atoms with Gasteiger partial charge in [0.05, 0.1) is 24.6 Å². The fraction of sp³-hybridized carbons (Fsp3) is 0.292. The van der Waals surface area contributed by atoms with E-state index in [4.69, 9.17) is 14.2 Å². The summed E-state index contributed by atoms with van der Waals surface area (Å²) in [6.45, 7) is 0.396. The van der Waals surface area contributed by atoms with E-state index in [0.717, 1.165) is 26.9 Å². The zero-order valence-corrected chi connectivity index (χ0v) is 20.7. The Morgan fingerprint density at radius 1 is 1.09 bits per heavy atom. The van der Waals surface area contributed by atoms with Gasteiger partial charge >= 0.3 is 0 Å². The third kappa shape index (κ3) is 6.17. The molecule has 2 aromatic carbocycles. The van der Waals surface area contributed by atoms with Crippen LogP contribution in [0.5, 0.6) is 11.5 Å². The smallest absolute Gasteiger partial charge is 0.243 e. The second-order valence-corrected chi connectivity index (χ2v) is 10.8. The summed E-state index contributed by atoms with van der Waals surface area (Å²) in [5.74, 6) is 0.319. The number of nitrogens with zero attached hydrogens (tertiary/aromatic N) is 2. The number of fused-ring (bicyclic) bond motifs is 1. The van der Waals surface area contributed by atoms with E-state index >= 15 is 0 Å². The van der Waals surface area contributed by atoms with Crippen LogP contribution in [0.25, 0.3) is 0 Å². The number of ether oxygens (including phenoxy) is 3. The number of halogens is 1. The van der Waals surface area contributed by atoms with E-state index in [1.54, 1.807) is 11.0 Å². The molecule has 1 aromatic heterocycles. The van der Waals surface area contributed by atoms with Crippen molar-refractivity contribution in [2.75, 3.05) is 33.6 Å². The van der Waals surface area contributed by atoms with Crippen LogP contribution in [0.3, 0.4) is 0 Å². The molecule has 0 fully saturated rings. The topological polar surface area (TPSA) is 85.4 Å². The molecule has 0 bridgehead atoms. The van der Waals surface area contributed by atoms with Gasteiger partial charge in [0, 0.05) is 25.1 Å². The lowest BCUT2D eigenvalue weighted by molar-refractivity contribution is -0.132. The van der Waals surface area contributed by atoms with Gasteiger partial charge in [0.25, 0.3) is 0 Å². The average molecular weight is 521 g/mol. The number of carbonyl (C=O) groups excluding carboxylic acids is 1. The third-order valence-electron chi connectivity index (χ3n) is 5.40. The van der Waals surface area contributed by atoms with Gasteiger partial charge in [0.15, 0.2) is 11.5 Å². The summed E-state index contributed by atoms with van der Waals surface area (Å²) in [6, 6.07) is 13.8. The van der Waals surface area contributed by atoms with Crippen LogP contribution in [0.15, 0.2) is 64.9 Å². The second-order valence-electron chi connectivity index (χ2n) is 7.80. The summed E-state index contributed by atoms with van der Waals surface area (Å²) < 4.78 is 56.8. The molecule has 2 heterocycles. The van der Waals surface area contributed by atoms with Gasteiger partial charge in [0.2, 0.25) is 22.7 Å². The van der Waals surface area contributed by atoms with Crippen molar-refractivity contribution >= 4 is 27.3 Å². The van der Waals surface area contributed by atoms with Crippen LogP contribution >= 0.6 is 11.3 Å². The highest BCUT2D eigenvalue weighted by Crippen LogP contribution is 2.33. The van der Waals surface area contributed by atoms with Crippen molar-refractivity contribution in [3.8, 4) is 11.5 Å². The van der Waals surface area contributed by atoms with Gasteiger partial charge in [0.1, 0.15) is 5.82 Å². The molecule has 186 valence electrons. The first kappa shape index (κ1) is 25.1. The minimum atomic E-state index is -4.06. The molecular weight excluding hydrogens is 495 g/mol. The van der Waals surface area contributed by atoms with Crippen LogP contribution in [0.1, 0.15) is 10.4 Å². The second kappa shape index (κ2) is 11.2. The van der Waals surface area contributed by atoms with E-state index in [0.29, 0.717) is 18.0 Å². The molecule has 3 aromatic rings. The molecule has 0 aliphatic carbocycles. The monoisotopic (exact) mass is 520 g/mol. The van der Waals surface area contributed by atoms with Gasteiger partial charge in [-0.3, -0.25) is 4.79 Å². The number of sulfonamides is 1. The molecule has 0 unspecified atom stereocenters. The summed E-state index contributed by atoms with van der Waals surface area (Å²) in [5.41, 5.74) is 0.823. The quantitative estimate of drug-likeness (QED) is 0.385. The van der Waals surface area contributed by atoms with E-state index in [9.17, 15) is 17.6 Å². The van der Waals surface area contributed by atoms with Gasteiger partial charge in [-0.25, -0.2) is 12.8 Å². The van der Waals surface area contributed by atoms with Gasteiger partial charge in [-0.05, 0) is 53.4 Å². The molecule has 11 heteroatoms. The van der Waals surface area contributed by atoms with Crippen molar-refractivity contribution in [2.45, 2.75) is 18.0 Å². The van der Waals surface area contributed by atoms with E-state index in [1.165, 1.54) is 30.6 Å². The third-order valence-corrected chi connectivity index (χ3v) is 8.12. The van der Waals surface area contributed by atoms with E-state index in [2.05, 4.69) is 0 Å². The van der Waals surface area contributed by atoms with Gasteiger partial charge in [-0.2, -0.15) is 4.31 Å². The molecule has 0 N–H and O–H groups in total. The van der Waals surface area contributed by atoms with Gasteiger partial charge < -0.3 is 19.1 Å². The lowest BCUT2D eigenvalue weighted by atomic mass is 10.2. The van der Waals surface area contributed by atoms with Crippen molar-refractivity contribution in [3.63, 3.8) is 0 Å². The predicted molar refractivity (Wildman–Crippen MR) is 128 cm³/mol. The molecule has 1 aliphatic rings. The van der Waals surface area contributed by atoms with Crippen LogP contribution in [0, 0.1) is 5.82 Å². The maximum Gasteiger partial charge on any atom is 0.243 e. The highest BCUT2D eigenvalue weighted by atomic mass is 32.2. The van der Waals surface area contributed by atoms with Gasteiger partial charge in [-0.15, -0.1) is 11.3 Å². The Morgan fingerprint density at radius 2 is 1.86 bits per heavy atom. The van der Waals surface area contributed by atoms with Crippen LogP contribution in [0.2, 0.25) is 0 Å². The number of carbonyl (C=O) groups is 1. The molecule has 0 radical (unpaired) electrons. The molecular formula is C24H25FN2O6S2. The van der Waals surface area contributed by atoms with E-state index in [1.807, 2.05) is 29.6 Å². The minimum Gasteiger partial charge on any atom is -0.454 e. The summed E-state index contributed by atoms with van der Waals surface area (Å²) >= 11 is 1.51. The molecule has 35 heavy (non-hydrogen) atoms. The molecule has 8 nitrogen and oxygen atoms in total. The van der Waals surface area contributed by atoms with Crippen molar-refractivity contribution in [2.24, 2.45) is 0 Å². The Bertz CT molecular complexity index is 1250. The molecule has 0 saturated heterocycles. The van der Waals surface area contributed by atoms with Crippen molar-refractivity contribution in [1.82, 2.24) is 9.21 Å². The number of amides is 1. The minimum absolute atomic E-state index is 0.0290. The largest absolute Gasteiger partial charge is 0.454 e. The Hall–Kier alpha value is -2.99. The van der Waals surface area contributed by atoms with E-state index < -0.39 is 15.8 Å². The normalized spacial score (nSPS) is 12.8. The fourth-order valence-electron chi connectivity index (χ4n) is 3.57. The highest BCUT2D eigenvalue weighted by molar-refractivity contribution is 7.89. The Kier molecular flexibility index (Phi) is 8.01. The Balaban J connectivity index is 1.57. The highest BCUT2D eigenvalue weighted by Gasteiger charge is 2.29. The Labute approximate surface area is 207 Å². The molecule has 0 saturated carbocycles. The first-order valence-corrected chi connectivity index (χ1v) is 13.1. The lowest BCUT2D eigenvalue weighted by Crippen LogP contribution is -2.43. The average Bonchev–Trinajstić information content (AvgIpc) is 3.53. The van der Waals surface area contributed by atoms with Crippen molar-refractivity contribution in [3.05, 3.63) is 76.2 Å². The number of rotatable bonds is 11. The van der Waals surface area contributed by atoms with Crippen LogP contribution < -0.4 is 9.47 Å². The molecule has 0 atom stereocenters. The van der Waals surface area contributed by atoms with Crippen molar-refractivity contribution < 1.29 is 31.8 Å². The molecule has 1 amide bonds. The van der Waals surface area contributed by atoms with Crippen LogP contribution in [-0.4, -0.2) is 57.1 Å². The van der Waals surface area contributed by atoms with Gasteiger partial charge in [-0.1, -0.05) is 12.1 Å². The standard InChI is InChI=1S/C24H25FN2O6S2/c1-31-11-10-27(35(29,30)21-7-5-19(25)6-8-21)16-24(28)26(15-20-3-2-12-34-20)14-18-4-9-22-23(13-18)33-17-32-22/h2-9,12-13H,10-11,14-17H2,1H3. The van der Waals surface area contributed by atoms with Crippen molar-refractivity contribution in [1.29, 1.82) is 0 Å². The number of thiophene rings is 1. The SMILES string of the molecule is COCCN(CC(=O)N(Cc1ccc2c(c1)OCO2)Cc1cccs1)S(=O)(=O)c1ccc(F)cc1. The van der Waals surface area contributed by atoms with Crippen LogP contribution in [0.4, 0.5) is 4.39 Å². The summed E-state index contributed by atoms with van der Waals surface area (Å²) in [4.78, 5) is 15.9. The van der Waals surface area contributed by atoms with Crippen LogP contribution in [-0.2, 0) is 32.6 Å². The maximum absolute atomic E-state index is 13.5. The lowest BCUT2D eigenvalue weighted by Gasteiger charge is -2.27. The first-order chi connectivity index (χ1) is 16.9. The number of methoxy groups -OCH3 is 1. The molecule has 4 rings (SSSR count). The molecule has 1 aliphatic heterocycles. The summed E-state index contributed by atoms with van der Waals surface area (Å²) in [5, 5.41) is 1.92. The zero-order chi connectivity index (χ0) is 24.8. The summed E-state index contributed by atoms with van der Waals surface area (Å²) in [6.07, 6.45) is 0.